The number of para-hydroxylation sites is 2. The highest BCUT2D eigenvalue weighted by atomic mass is 16.3. The highest BCUT2D eigenvalue weighted by Crippen LogP contribution is 2.43. The van der Waals surface area contributed by atoms with Crippen molar-refractivity contribution in [2.24, 2.45) is 0 Å². The molecule has 4 nitrogen and oxygen atoms in total. The van der Waals surface area contributed by atoms with Crippen LogP contribution < -0.4 is 0 Å². The summed E-state index contributed by atoms with van der Waals surface area (Å²) in [6, 6.07) is 37.2. The van der Waals surface area contributed by atoms with Gasteiger partial charge in [-0.05, 0) is 104 Å². The Labute approximate surface area is 351 Å². The van der Waals surface area contributed by atoms with Crippen molar-refractivity contribution < 1.29 is 12.0 Å². The van der Waals surface area contributed by atoms with Crippen molar-refractivity contribution in [1.29, 1.82) is 0 Å². The molecule has 6 aromatic carbocycles. The maximum atomic E-state index is 11.5. The number of aromatic hydroxyl groups is 1. The second-order valence-electron chi connectivity index (χ2n) is 18.2. The van der Waals surface area contributed by atoms with E-state index in [-0.39, 0.29) is 51.7 Å². The average Bonchev–Trinajstić information content (AvgIpc) is 3.63. The number of pyridine rings is 1. The number of aromatic nitrogens is 3. The maximum absolute atomic E-state index is 11.5. The van der Waals surface area contributed by atoms with Crippen molar-refractivity contribution in [1.82, 2.24) is 14.5 Å². The van der Waals surface area contributed by atoms with Crippen LogP contribution in [0.3, 0.4) is 0 Å². The number of phenolic OH excluding ortho intramolecular Hbond substituents is 1. The highest BCUT2D eigenvalue weighted by molar-refractivity contribution is 5.97. The molecule has 0 spiro atoms. The number of benzene rings is 6. The molecule has 2 heterocycles. The zero-order valence-electron chi connectivity index (χ0n) is 39.8. The molecule has 0 aliphatic carbocycles. The van der Waals surface area contributed by atoms with Crippen molar-refractivity contribution in [3.05, 3.63) is 168 Å². The smallest absolute Gasteiger partial charge is 0.149 e. The minimum absolute atomic E-state index is 0.000223. The van der Waals surface area contributed by atoms with Crippen LogP contribution in [0.15, 0.2) is 152 Å². The van der Waals surface area contributed by atoms with E-state index >= 15 is 0 Å². The molecule has 0 saturated carbocycles. The number of nitrogens with zero attached hydrogens (tertiary/aromatic N) is 3. The van der Waals surface area contributed by atoms with E-state index in [0.29, 0.717) is 22.6 Å². The number of hydrogen-bond acceptors (Lipinski definition) is 3. The van der Waals surface area contributed by atoms with E-state index in [1.54, 1.807) is 24.4 Å². The summed E-state index contributed by atoms with van der Waals surface area (Å²) in [5, 5.41) is 11.5. The van der Waals surface area contributed by atoms with Crippen molar-refractivity contribution in [2.45, 2.75) is 78.6 Å². The molecule has 0 saturated heterocycles. The van der Waals surface area contributed by atoms with Crippen LogP contribution in [0.2, 0.25) is 0 Å². The summed E-state index contributed by atoms with van der Waals surface area (Å²) in [5.74, 6) is 0.732. The van der Waals surface area contributed by atoms with Crippen LogP contribution in [-0.2, 0) is 16.2 Å². The lowest BCUT2D eigenvalue weighted by Gasteiger charge is -2.24. The van der Waals surface area contributed by atoms with Crippen LogP contribution in [0.4, 0.5) is 0 Å². The fourth-order valence-electron chi connectivity index (χ4n) is 7.50. The first kappa shape index (κ1) is 32.8. The fourth-order valence-corrected chi connectivity index (χ4v) is 7.50. The molecule has 58 heavy (non-hydrogen) atoms. The summed E-state index contributed by atoms with van der Waals surface area (Å²) < 4.78 is 44.2. The molecular weight excluding hydrogens is 707 g/mol. The van der Waals surface area contributed by atoms with E-state index in [2.05, 4.69) is 146 Å². The molecule has 0 atom stereocenters. The van der Waals surface area contributed by atoms with Gasteiger partial charge >= 0.3 is 0 Å². The number of rotatable bonds is 6. The average molecular weight is 765 g/mol. The Kier molecular flexibility index (Phi) is 8.25. The summed E-state index contributed by atoms with van der Waals surface area (Å²) in [5.41, 5.74) is 12.1. The lowest BCUT2D eigenvalue weighted by Crippen LogP contribution is -2.13. The van der Waals surface area contributed by atoms with Gasteiger partial charge in [0.1, 0.15) is 11.6 Å². The molecule has 0 unspecified atom stereocenters. The second-order valence-corrected chi connectivity index (χ2v) is 18.2. The molecule has 8 aromatic rings. The number of hydrogen-bond donors (Lipinski definition) is 1. The zero-order valence-corrected chi connectivity index (χ0v) is 34.8. The van der Waals surface area contributed by atoms with Gasteiger partial charge in [-0.15, -0.1) is 0 Å². The van der Waals surface area contributed by atoms with Crippen LogP contribution in [0, 0.1) is 0 Å². The summed E-state index contributed by atoms with van der Waals surface area (Å²) in [6.07, 6.45) is 1.62. The van der Waals surface area contributed by atoms with Gasteiger partial charge in [0.2, 0.25) is 0 Å². The van der Waals surface area contributed by atoms with Crippen LogP contribution in [0.25, 0.3) is 72.7 Å². The molecule has 1 N–H and O–H groups in total. The molecular formula is C54H53N3O. The molecule has 0 radical (unpaired) electrons. The van der Waals surface area contributed by atoms with Crippen molar-refractivity contribution in [3.63, 3.8) is 0 Å². The Bertz CT molecular complexity index is 3050. The van der Waals surface area contributed by atoms with Crippen LogP contribution in [0.1, 0.15) is 85.9 Å². The third-order valence-corrected chi connectivity index (χ3v) is 11.0. The van der Waals surface area contributed by atoms with Crippen LogP contribution >= 0.6 is 0 Å². The summed E-state index contributed by atoms with van der Waals surface area (Å²) >= 11 is 0. The molecule has 0 aliphatic rings. The predicted molar refractivity (Wildman–Crippen MR) is 244 cm³/mol. The monoisotopic (exact) mass is 764 g/mol. The largest absolute Gasteiger partial charge is 0.507 e. The van der Waals surface area contributed by atoms with Crippen molar-refractivity contribution in [3.8, 4) is 67.5 Å². The number of fused-ring (bicyclic) bond motifs is 1. The van der Waals surface area contributed by atoms with Gasteiger partial charge in [0.25, 0.3) is 0 Å². The van der Waals surface area contributed by atoms with Crippen LogP contribution in [0.5, 0.6) is 5.75 Å². The Morgan fingerprint density at radius 2 is 1.17 bits per heavy atom. The van der Waals surface area contributed by atoms with E-state index in [1.807, 2.05) is 18.2 Å². The second kappa shape index (κ2) is 14.6. The van der Waals surface area contributed by atoms with Gasteiger partial charge in [-0.1, -0.05) is 159 Å². The maximum Gasteiger partial charge on any atom is 0.149 e. The Morgan fingerprint density at radius 1 is 0.517 bits per heavy atom. The quantitative estimate of drug-likeness (QED) is 0.183. The third kappa shape index (κ3) is 7.47. The minimum Gasteiger partial charge on any atom is -0.507 e. The molecule has 0 aliphatic heterocycles. The van der Waals surface area contributed by atoms with Gasteiger partial charge < -0.3 is 5.11 Å². The van der Waals surface area contributed by atoms with Gasteiger partial charge in [-0.2, -0.15) is 0 Å². The molecule has 0 bridgehead atoms. The van der Waals surface area contributed by atoms with Crippen LogP contribution in [-0.4, -0.2) is 19.6 Å². The first-order valence-corrected chi connectivity index (χ1v) is 19.9. The summed E-state index contributed by atoms with van der Waals surface area (Å²) in [7, 11) is 0. The Balaban J connectivity index is 1.39. The minimum atomic E-state index is -0.430. The molecule has 0 fully saturated rings. The van der Waals surface area contributed by atoms with Gasteiger partial charge in [-0.25, -0.2) is 4.98 Å². The first-order chi connectivity index (χ1) is 29.6. The molecule has 2 aromatic heterocycles. The first-order valence-electron chi connectivity index (χ1n) is 22.4. The van der Waals surface area contributed by atoms with E-state index in [9.17, 15) is 5.11 Å². The Morgan fingerprint density at radius 3 is 1.86 bits per heavy atom. The van der Waals surface area contributed by atoms with Gasteiger partial charge in [0.05, 0.1) is 34.8 Å². The SMILES string of the molecule is [2H]c1c([2H])c([2H])c(-c2ccnc(-c3cc(-c4cccc5c4nc(-c4ccccc4O)n5-c4cc(C(C)(C)C)ccc4-c4ccc(C(C)(C)C)cc4)cc(C(C)(C)C)c3)c2)c([2H])c1[2H]. The zero-order chi connectivity index (χ0) is 45.3. The number of imidazole rings is 1. The molecule has 8 rings (SSSR count). The lowest BCUT2D eigenvalue weighted by atomic mass is 9.83. The van der Waals surface area contributed by atoms with Crippen molar-refractivity contribution in [2.75, 3.05) is 0 Å². The highest BCUT2D eigenvalue weighted by Gasteiger charge is 2.25. The molecule has 4 heteroatoms. The summed E-state index contributed by atoms with van der Waals surface area (Å²) in [4.78, 5) is 10.2. The summed E-state index contributed by atoms with van der Waals surface area (Å²) in [6.45, 7) is 19.8. The van der Waals surface area contributed by atoms with E-state index in [4.69, 9.17) is 16.8 Å². The normalized spacial score (nSPS) is 13.5. The topological polar surface area (TPSA) is 50.9 Å². The van der Waals surface area contributed by atoms with E-state index in [0.717, 1.165) is 55.7 Å². The third-order valence-electron chi connectivity index (χ3n) is 11.0. The predicted octanol–water partition coefficient (Wildman–Crippen LogP) is 14.4. The molecule has 290 valence electrons. The van der Waals surface area contributed by atoms with Gasteiger partial charge in [0.15, 0.2) is 0 Å². The van der Waals surface area contributed by atoms with Gasteiger partial charge in [-0.3, -0.25) is 9.55 Å². The molecule has 0 amide bonds. The number of phenols is 1. The standard InChI is InChI=1S/C54H53N3O/c1-52(2,3)40-24-22-36(23-25-40)43-27-26-41(53(4,5)6)34-48(43)57-47-20-15-19-44(50(47)56-51(57)45-18-13-14-21-49(45)58)38-30-39(32-42(31-38)54(7,8)9)46-33-37(28-29-55-46)35-16-11-10-12-17-35/h10-34,58H,1-9H3/i10D,11D,12D,16D,17D. The van der Waals surface area contributed by atoms with Crippen molar-refractivity contribution >= 4 is 11.0 Å². The van der Waals surface area contributed by atoms with E-state index < -0.39 is 6.04 Å². The van der Waals surface area contributed by atoms with E-state index in [1.165, 1.54) is 5.56 Å². The Hall–Kier alpha value is -6.26. The lowest BCUT2D eigenvalue weighted by molar-refractivity contribution is 0.477. The van der Waals surface area contributed by atoms with Gasteiger partial charge in [0, 0.05) is 22.9 Å². The fraction of sp³-hybridized carbons (Fsp3) is 0.222.